The third-order valence-corrected chi connectivity index (χ3v) is 4.92. The van der Waals surface area contributed by atoms with Crippen LogP contribution >= 0.6 is 12.4 Å². The number of rotatable bonds is 2. The van der Waals surface area contributed by atoms with Crippen LogP contribution in [-0.2, 0) is 13.0 Å². The van der Waals surface area contributed by atoms with E-state index in [-0.39, 0.29) is 24.2 Å². The Balaban J connectivity index is 0.00000182. The Hall–Kier alpha value is -1.98. The zero-order valence-electron chi connectivity index (χ0n) is 14.1. The Morgan fingerprint density at radius 1 is 1.24 bits per heavy atom. The van der Waals surface area contributed by atoms with Crippen molar-refractivity contribution in [2.45, 2.75) is 31.7 Å². The topological polar surface area (TPSA) is 58.1 Å². The molecule has 1 unspecified atom stereocenters. The van der Waals surface area contributed by atoms with Gasteiger partial charge in [0.05, 0.1) is 0 Å². The number of amides is 1. The van der Waals surface area contributed by atoms with Crippen molar-refractivity contribution < 1.29 is 4.79 Å². The van der Waals surface area contributed by atoms with Crippen LogP contribution in [0.1, 0.15) is 46.2 Å². The van der Waals surface area contributed by atoms with Crippen molar-refractivity contribution in [1.82, 2.24) is 20.2 Å². The van der Waals surface area contributed by atoms with E-state index in [1.807, 2.05) is 41.4 Å². The van der Waals surface area contributed by atoms with Gasteiger partial charge in [0.2, 0.25) is 0 Å². The number of hydrogen-bond acceptors (Lipinski definition) is 4. The number of fused-ring (bicyclic) bond motifs is 1. The zero-order valence-corrected chi connectivity index (χ0v) is 15.0. The summed E-state index contributed by atoms with van der Waals surface area (Å²) in [6.45, 7) is 3.37. The molecular formula is C19H23ClN4O. The maximum atomic E-state index is 12.7. The van der Waals surface area contributed by atoms with Gasteiger partial charge in [-0.3, -0.25) is 4.79 Å². The average molecular weight is 359 g/mol. The number of benzene rings is 1. The third kappa shape index (κ3) is 3.83. The number of likely N-dealkylation sites (tertiary alicyclic amines) is 1. The molecule has 1 atom stereocenters. The van der Waals surface area contributed by atoms with Crippen LogP contribution in [-0.4, -0.2) is 40.4 Å². The van der Waals surface area contributed by atoms with Gasteiger partial charge in [-0.15, -0.1) is 12.4 Å². The molecule has 1 fully saturated rings. The lowest BCUT2D eigenvalue weighted by atomic mass is 9.96. The van der Waals surface area contributed by atoms with E-state index < -0.39 is 0 Å². The molecule has 0 radical (unpaired) electrons. The smallest absolute Gasteiger partial charge is 0.253 e. The number of nitrogens with one attached hydrogen (secondary N) is 1. The second-order valence-corrected chi connectivity index (χ2v) is 6.58. The highest BCUT2D eigenvalue weighted by Crippen LogP contribution is 2.26. The van der Waals surface area contributed by atoms with Crippen LogP contribution in [0.25, 0.3) is 0 Å². The zero-order chi connectivity index (χ0) is 16.4. The quantitative estimate of drug-likeness (QED) is 0.896. The van der Waals surface area contributed by atoms with Crippen LogP contribution in [0.5, 0.6) is 0 Å². The number of hydrogen-bond donors (Lipinski definition) is 1. The number of halogens is 1. The highest BCUT2D eigenvalue weighted by atomic mass is 35.5. The first-order valence-electron chi connectivity index (χ1n) is 8.71. The minimum absolute atomic E-state index is 0. The number of piperidine rings is 1. The van der Waals surface area contributed by atoms with Gasteiger partial charge in [-0.25, -0.2) is 9.97 Å². The standard InChI is InChI=1S/C19H22N4O.ClH/c24-19(14-5-2-1-3-6-14)23-10-4-7-15(13-23)18-21-12-16-11-20-9-8-17(16)22-18;/h1-3,5-6,12,15,20H,4,7-11,13H2;1H. The van der Waals surface area contributed by atoms with Gasteiger partial charge in [0.15, 0.2) is 0 Å². The molecule has 2 aliphatic rings. The summed E-state index contributed by atoms with van der Waals surface area (Å²) in [7, 11) is 0. The summed E-state index contributed by atoms with van der Waals surface area (Å²) in [4.78, 5) is 24.0. The van der Waals surface area contributed by atoms with E-state index in [0.717, 1.165) is 50.3 Å². The normalized spacial score (nSPS) is 19.7. The Bertz CT molecular complexity index is 737. The van der Waals surface area contributed by atoms with Crippen LogP contribution < -0.4 is 5.32 Å². The van der Waals surface area contributed by atoms with Crippen molar-refractivity contribution in [3.8, 4) is 0 Å². The highest BCUT2D eigenvalue weighted by molar-refractivity contribution is 5.94. The molecule has 1 aromatic heterocycles. The van der Waals surface area contributed by atoms with Gasteiger partial charge in [-0.05, 0) is 25.0 Å². The SMILES string of the molecule is Cl.O=C(c1ccccc1)N1CCCC(c2ncc3c(n2)CCNC3)C1. The molecule has 2 aliphatic heterocycles. The summed E-state index contributed by atoms with van der Waals surface area (Å²) >= 11 is 0. The second-order valence-electron chi connectivity index (χ2n) is 6.58. The van der Waals surface area contributed by atoms with Gasteiger partial charge in [0.25, 0.3) is 5.91 Å². The van der Waals surface area contributed by atoms with E-state index >= 15 is 0 Å². The Labute approximate surface area is 154 Å². The van der Waals surface area contributed by atoms with Crippen LogP contribution in [0, 0.1) is 0 Å². The van der Waals surface area contributed by atoms with Gasteiger partial charge >= 0.3 is 0 Å². The lowest BCUT2D eigenvalue weighted by Gasteiger charge is -2.32. The largest absolute Gasteiger partial charge is 0.338 e. The minimum atomic E-state index is 0. The summed E-state index contributed by atoms with van der Waals surface area (Å²) < 4.78 is 0. The molecule has 0 bridgehead atoms. The van der Waals surface area contributed by atoms with E-state index in [4.69, 9.17) is 4.98 Å². The van der Waals surface area contributed by atoms with Gasteiger partial charge in [0, 0.05) is 61.5 Å². The van der Waals surface area contributed by atoms with Crippen LogP contribution in [0.3, 0.4) is 0 Å². The molecule has 0 aliphatic carbocycles. The summed E-state index contributed by atoms with van der Waals surface area (Å²) in [5.74, 6) is 1.26. The number of carbonyl (C=O) groups excluding carboxylic acids is 1. The van der Waals surface area contributed by atoms with Crippen molar-refractivity contribution in [3.63, 3.8) is 0 Å². The Morgan fingerprint density at radius 3 is 2.92 bits per heavy atom. The summed E-state index contributed by atoms with van der Waals surface area (Å²) in [5, 5.41) is 3.35. The van der Waals surface area contributed by atoms with Crippen molar-refractivity contribution in [1.29, 1.82) is 0 Å². The summed E-state index contributed by atoms with van der Waals surface area (Å²) in [6.07, 6.45) is 4.98. The lowest BCUT2D eigenvalue weighted by molar-refractivity contribution is 0.0704. The van der Waals surface area contributed by atoms with Crippen molar-refractivity contribution in [2.75, 3.05) is 19.6 Å². The fourth-order valence-corrected chi connectivity index (χ4v) is 3.58. The molecular weight excluding hydrogens is 336 g/mol. The fourth-order valence-electron chi connectivity index (χ4n) is 3.58. The molecule has 1 aromatic carbocycles. The van der Waals surface area contributed by atoms with E-state index in [2.05, 4.69) is 10.3 Å². The molecule has 25 heavy (non-hydrogen) atoms. The predicted molar refractivity (Wildman–Crippen MR) is 99.0 cm³/mol. The maximum Gasteiger partial charge on any atom is 0.253 e. The number of carbonyl (C=O) groups is 1. The van der Waals surface area contributed by atoms with E-state index in [1.54, 1.807) is 0 Å². The molecule has 5 nitrogen and oxygen atoms in total. The predicted octanol–water partition coefficient (Wildman–Crippen LogP) is 2.56. The monoisotopic (exact) mass is 358 g/mol. The van der Waals surface area contributed by atoms with Crippen molar-refractivity contribution in [2.24, 2.45) is 0 Å². The molecule has 0 spiro atoms. The summed E-state index contributed by atoms with van der Waals surface area (Å²) in [5.41, 5.74) is 3.14. The second kappa shape index (κ2) is 7.93. The summed E-state index contributed by atoms with van der Waals surface area (Å²) in [6, 6.07) is 9.53. The molecule has 1 saturated heterocycles. The van der Waals surface area contributed by atoms with Crippen molar-refractivity contribution in [3.05, 3.63) is 59.2 Å². The van der Waals surface area contributed by atoms with Crippen LogP contribution in [0.2, 0.25) is 0 Å². The average Bonchev–Trinajstić information content (AvgIpc) is 2.68. The Kier molecular flexibility index (Phi) is 5.66. The van der Waals surface area contributed by atoms with E-state index in [1.165, 1.54) is 11.3 Å². The lowest BCUT2D eigenvalue weighted by Crippen LogP contribution is -2.39. The molecule has 3 heterocycles. The van der Waals surface area contributed by atoms with E-state index in [9.17, 15) is 4.79 Å². The highest BCUT2D eigenvalue weighted by Gasteiger charge is 2.27. The van der Waals surface area contributed by atoms with Gasteiger partial charge in [0.1, 0.15) is 5.82 Å². The maximum absolute atomic E-state index is 12.7. The van der Waals surface area contributed by atoms with Gasteiger partial charge in [-0.1, -0.05) is 18.2 Å². The minimum Gasteiger partial charge on any atom is -0.338 e. The van der Waals surface area contributed by atoms with E-state index in [0.29, 0.717) is 6.54 Å². The molecule has 6 heteroatoms. The third-order valence-electron chi connectivity index (χ3n) is 4.92. The van der Waals surface area contributed by atoms with Crippen LogP contribution in [0.4, 0.5) is 0 Å². The molecule has 0 saturated carbocycles. The number of aromatic nitrogens is 2. The molecule has 4 rings (SSSR count). The first-order chi connectivity index (χ1) is 11.8. The fraction of sp³-hybridized carbons (Fsp3) is 0.421. The van der Waals surface area contributed by atoms with Gasteiger partial charge < -0.3 is 10.2 Å². The first-order valence-corrected chi connectivity index (χ1v) is 8.71. The first kappa shape index (κ1) is 17.8. The molecule has 1 amide bonds. The molecule has 132 valence electrons. The number of nitrogens with zero attached hydrogens (tertiary/aromatic N) is 3. The Morgan fingerprint density at radius 2 is 2.08 bits per heavy atom. The molecule has 2 aromatic rings. The van der Waals surface area contributed by atoms with Crippen LogP contribution in [0.15, 0.2) is 36.5 Å². The molecule has 1 N–H and O–H groups in total. The van der Waals surface area contributed by atoms with Crippen molar-refractivity contribution >= 4 is 18.3 Å². The van der Waals surface area contributed by atoms with Gasteiger partial charge in [-0.2, -0.15) is 0 Å².